The Kier molecular flexibility index (Phi) is 9.90. The van der Waals surface area contributed by atoms with E-state index in [1.165, 1.54) is 0 Å². The van der Waals surface area contributed by atoms with Crippen LogP contribution in [0, 0.1) is 0 Å². The maximum atomic E-state index is 12.1. The highest BCUT2D eigenvalue weighted by Crippen LogP contribution is 2.13. The lowest BCUT2D eigenvalue weighted by Crippen LogP contribution is -2.13. The quantitative estimate of drug-likeness (QED) is 0.401. The van der Waals surface area contributed by atoms with Crippen molar-refractivity contribution in [2.24, 2.45) is 0 Å². The van der Waals surface area contributed by atoms with Gasteiger partial charge in [0.05, 0.1) is 24.3 Å². The van der Waals surface area contributed by atoms with E-state index < -0.39 is 11.9 Å². The molecule has 2 aromatic rings. The van der Waals surface area contributed by atoms with E-state index in [-0.39, 0.29) is 24.7 Å². The maximum absolute atomic E-state index is 12.1. The smallest absolute Gasteiger partial charge is 0.338 e. The zero-order chi connectivity index (χ0) is 23.3. The summed E-state index contributed by atoms with van der Waals surface area (Å²) in [6.07, 6.45) is 1.67. The second kappa shape index (κ2) is 12.9. The van der Waals surface area contributed by atoms with E-state index in [1.54, 1.807) is 62.4 Å². The number of unbranched alkanes of at least 4 members (excludes halogenated alkanes) is 1. The van der Waals surface area contributed by atoms with Crippen molar-refractivity contribution >= 4 is 35.1 Å². The third kappa shape index (κ3) is 8.22. The van der Waals surface area contributed by atoms with Gasteiger partial charge in [0.25, 0.3) is 0 Å². The molecular weight excluding hydrogens is 412 g/mol. The van der Waals surface area contributed by atoms with Crippen LogP contribution in [-0.2, 0) is 19.1 Å². The van der Waals surface area contributed by atoms with E-state index in [0.29, 0.717) is 48.6 Å². The predicted molar refractivity (Wildman–Crippen MR) is 121 cm³/mol. The van der Waals surface area contributed by atoms with Crippen molar-refractivity contribution in [3.8, 4) is 0 Å². The third-order valence-corrected chi connectivity index (χ3v) is 4.42. The molecule has 8 heteroatoms. The molecule has 0 saturated carbocycles. The molecule has 0 fully saturated rings. The lowest BCUT2D eigenvalue weighted by molar-refractivity contribution is -0.118. The average Bonchev–Trinajstić information content (AvgIpc) is 2.78. The Hall–Kier alpha value is -3.68. The summed E-state index contributed by atoms with van der Waals surface area (Å²) in [4.78, 5) is 47.4. The molecule has 0 aliphatic heterocycles. The lowest BCUT2D eigenvalue weighted by atomic mass is 10.1. The third-order valence-electron chi connectivity index (χ3n) is 4.42. The van der Waals surface area contributed by atoms with Crippen LogP contribution in [0.25, 0.3) is 0 Å². The number of anilines is 2. The van der Waals surface area contributed by atoms with Crippen LogP contribution in [0.2, 0.25) is 0 Å². The van der Waals surface area contributed by atoms with Crippen LogP contribution in [0.4, 0.5) is 11.4 Å². The van der Waals surface area contributed by atoms with Crippen LogP contribution in [0.3, 0.4) is 0 Å². The average molecular weight is 440 g/mol. The fourth-order valence-corrected chi connectivity index (χ4v) is 2.83. The van der Waals surface area contributed by atoms with Gasteiger partial charge in [-0.1, -0.05) is 0 Å². The maximum Gasteiger partial charge on any atom is 0.338 e. The zero-order valence-electron chi connectivity index (χ0n) is 18.3. The van der Waals surface area contributed by atoms with Crippen molar-refractivity contribution < 1.29 is 28.7 Å². The van der Waals surface area contributed by atoms with Gasteiger partial charge in [-0.25, -0.2) is 9.59 Å². The van der Waals surface area contributed by atoms with Crippen molar-refractivity contribution in [1.29, 1.82) is 0 Å². The molecule has 8 nitrogen and oxygen atoms in total. The largest absolute Gasteiger partial charge is 0.462 e. The van der Waals surface area contributed by atoms with Crippen LogP contribution in [0.15, 0.2) is 48.5 Å². The first-order valence-corrected chi connectivity index (χ1v) is 10.6. The molecule has 2 N–H and O–H groups in total. The minimum Gasteiger partial charge on any atom is -0.462 e. The van der Waals surface area contributed by atoms with Gasteiger partial charge in [0, 0.05) is 24.2 Å². The molecule has 0 atom stereocenters. The second-order valence-corrected chi connectivity index (χ2v) is 6.90. The van der Waals surface area contributed by atoms with E-state index >= 15 is 0 Å². The Morgan fingerprint density at radius 3 is 1.28 bits per heavy atom. The standard InChI is InChI=1S/C24H28N2O6/c1-3-31-23(29)17-9-13-19(14-10-17)25-21(27)7-5-6-8-22(28)26-20-15-11-18(12-16-20)24(30)32-4-2/h9-16H,3-8H2,1-2H3,(H,25,27)(H,26,28). The molecule has 0 aliphatic carbocycles. The molecule has 0 unspecified atom stereocenters. The number of hydrogen-bond donors (Lipinski definition) is 2. The van der Waals surface area contributed by atoms with Crippen LogP contribution < -0.4 is 10.6 Å². The van der Waals surface area contributed by atoms with Crippen molar-refractivity contribution in [2.75, 3.05) is 23.8 Å². The van der Waals surface area contributed by atoms with Crippen LogP contribution in [0.5, 0.6) is 0 Å². The summed E-state index contributed by atoms with van der Waals surface area (Å²) in [5.74, 6) is -1.13. The van der Waals surface area contributed by atoms with Gasteiger partial charge in [-0.15, -0.1) is 0 Å². The summed E-state index contributed by atoms with van der Waals surface area (Å²) in [7, 11) is 0. The van der Waals surface area contributed by atoms with Gasteiger partial charge in [0.15, 0.2) is 0 Å². The molecule has 0 bridgehead atoms. The van der Waals surface area contributed by atoms with Crippen LogP contribution >= 0.6 is 0 Å². The number of amides is 2. The first-order valence-electron chi connectivity index (χ1n) is 10.6. The molecule has 2 aromatic carbocycles. The summed E-state index contributed by atoms with van der Waals surface area (Å²) in [6, 6.07) is 13.0. The van der Waals surface area contributed by atoms with Crippen molar-refractivity contribution in [1.82, 2.24) is 0 Å². The molecule has 0 aromatic heterocycles. The number of benzene rings is 2. The molecule has 0 aliphatic rings. The van der Waals surface area contributed by atoms with E-state index in [0.717, 1.165) is 0 Å². The molecule has 0 saturated heterocycles. The Labute approximate surface area is 187 Å². The Morgan fingerprint density at radius 1 is 0.625 bits per heavy atom. The Bertz CT molecular complexity index is 845. The minimum absolute atomic E-state index is 0.163. The number of esters is 2. The number of ether oxygens (including phenoxy) is 2. The van der Waals surface area contributed by atoms with Gasteiger partial charge in [0.1, 0.15) is 0 Å². The van der Waals surface area contributed by atoms with Gasteiger partial charge < -0.3 is 20.1 Å². The number of hydrogen-bond acceptors (Lipinski definition) is 6. The van der Waals surface area contributed by atoms with Gasteiger partial charge in [-0.3, -0.25) is 9.59 Å². The van der Waals surface area contributed by atoms with Gasteiger partial charge in [-0.2, -0.15) is 0 Å². The number of rotatable bonds is 11. The van der Waals surface area contributed by atoms with Gasteiger partial charge in [-0.05, 0) is 75.2 Å². The number of nitrogens with one attached hydrogen (secondary N) is 2. The SMILES string of the molecule is CCOC(=O)c1ccc(NC(=O)CCCCC(=O)Nc2ccc(C(=O)OCC)cc2)cc1. The molecule has 2 rings (SSSR count). The van der Waals surface area contributed by atoms with E-state index in [2.05, 4.69) is 10.6 Å². The lowest BCUT2D eigenvalue weighted by Gasteiger charge is -2.08. The molecule has 0 spiro atoms. The topological polar surface area (TPSA) is 111 Å². The molecule has 0 heterocycles. The van der Waals surface area contributed by atoms with E-state index in [1.807, 2.05) is 0 Å². The predicted octanol–water partition coefficient (Wildman–Crippen LogP) is 4.18. The normalized spacial score (nSPS) is 10.2. The number of carbonyl (C=O) groups excluding carboxylic acids is 4. The van der Waals surface area contributed by atoms with Crippen molar-refractivity contribution in [3.05, 3.63) is 59.7 Å². The fraction of sp³-hybridized carbons (Fsp3) is 0.333. The summed E-state index contributed by atoms with van der Waals surface area (Å²) in [5, 5.41) is 5.52. The zero-order valence-corrected chi connectivity index (χ0v) is 18.3. The van der Waals surface area contributed by atoms with Crippen molar-refractivity contribution in [2.45, 2.75) is 39.5 Å². The highest BCUT2D eigenvalue weighted by atomic mass is 16.5. The van der Waals surface area contributed by atoms with Crippen LogP contribution in [-0.4, -0.2) is 37.0 Å². The summed E-state index contributed by atoms with van der Waals surface area (Å²) < 4.78 is 9.83. The Balaban J connectivity index is 1.67. The minimum atomic E-state index is -0.404. The molecular formula is C24H28N2O6. The molecule has 170 valence electrons. The Morgan fingerprint density at radius 2 is 0.969 bits per heavy atom. The van der Waals surface area contributed by atoms with Crippen LogP contribution in [0.1, 0.15) is 60.2 Å². The molecule has 2 amide bonds. The summed E-state index contributed by atoms with van der Waals surface area (Å²) >= 11 is 0. The summed E-state index contributed by atoms with van der Waals surface area (Å²) in [5.41, 5.74) is 2.02. The van der Waals surface area contributed by atoms with E-state index in [9.17, 15) is 19.2 Å². The molecule has 32 heavy (non-hydrogen) atoms. The first-order chi connectivity index (χ1) is 15.4. The number of carbonyl (C=O) groups is 4. The van der Waals surface area contributed by atoms with Gasteiger partial charge >= 0.3 is 11.9 Å². The van der Waals surface area contributed by atoms with E-state index in [4.69, 9.17) is 9.47 Å². The van der Waals surface area contributed by atoms with Gasteiger partial charge in [0.2, 0.25) is 11.8 Å². The highest BCUT2D eigenvalue weighted by Gasteiger charge is 2.09. The first kappa shape index (κ1) is 24.6. The van der Waals surface area contributed by atoms with Crippen molar-refractivity contribution in [3.63, 3.8) is 0 Å². The highest BCUT2D eigenvalue weighted by molar-refractivity contribution is 5.94. The molecule has 0 radical (unpaired) electrons. The monoisotopic (exact) mass is 440 g/mol. The summed E-state index contributed by atoms with van der Waals surface area (Å²) in [6.45, 7) is 4.08. The fourth-order valence-electron chi connectivity index (χ4n) is 2.83. The second-order valence-electron chi connectivity index (χ2n) is 6.90.